The first-order chi connectivity index (χ1) is 8.49. The summed E-state index contributed by atoms with van der Waals surface area (Å²) >= 11 is 0. The maximum Gasteiger partial charge on any atom is 0.305 e. The van der Waals surface area contributed by atoms with E-state index in [9.17, 15) is 9.59 Å². The minimum atomic E-state index is -0.860. The van der Waals surface area contributed by atoms with E-state index < -0.39 is 17.6 Å². The van der Waals surface area contributed by atoms with Gasteiger partial charge in [0.25, 0.3) is 0 Å². The molecule has 0 aliphatic heterocycles. The van der Waals surface area contributed by atoms with Gasteiger partial charge in [0.15, 0.2) is 0 Å². The molecule has 5 heteroatoms. The standard InChI is InChI=1S/C13H24N2O3/c1-2-6-10(14)12(18)15-13(9-11(16)17)7-4-3-5-8-13/h10H,2-9,14H2,1H3,(H,15,18)(H,16,17)/t10-/m0/s1. The highest BCUT2D eigenvalue weighted by molar-refractivity contribution is 5.83. The van der Waals surface area contributed by atoms with Gasteiger partial charge in [-0.3, -0.25) is 9.59 Å². The molecule has 104 valence electrons. The molecule has 1 fully saturated rings. The molecule has 1 atom stereocenters. The maximum atomic E-state index is 12.0. The molecular weight excluding hydrogens is 232 g/mol. The average molecular weight is 256 g/mol. The minimum absolute atomic E-state index is 0.00240. The average Bonchev–Trinajstić information content (AvgIpc) is 2.29. The van der Waals surface area contributed by atoms with Gasteiger partial charge in [-0.1, -0.05) is 32.6 Å². The van der Waals surface area contributed by atoms with E-state index in [1.54, 1.807) is 0 Å². The number of carbonyl (C=O) groups excluding carboxylic acids is 1. The molecule has 0 heterocycles. The van der Waals surface area contributed by atoms with E-state index in [1.807, 2.05) is 6.92 Å². The van der Waals surface area contributed by atoms with Crippen molar-refractivity contribution in [1.29, 1.82) is 0 Å². The maximum absolute atomic E-state index is 12.0. The first kappa shape index (κ1) is 15.0. The van der Waals surface area contributed by atoms with E-state index in [0.717, 1.165) is 38.5 Å². The lowest BCUT2D eigenvalue weighted by Crippen LogP contribution is -2.55. The molecule has 0 aromatic rings. The Hall–Kier alpha value is -1.10. The number of rotatable bonds is 6. The van der Waals surface area contributed by atoms with Crippen LogP contribution in [0.15, 0.2) is 0 Å². The normalized spacial score (nSPS) is 20.1. The van der Waals surface area contributed by atoms with Crippen molar-refractivity contribution in [3.63, 3.8) is 0 Å². The number of aliphatic carboxylic acids is 1. The Morgan fingerprint density at radius 1 is 1.33 bits per heavy atom. The second-order valence-electron chi connectivity index (χ2n) is 5.30. The van der Waals surface area contributed by atoms with E-state index in [-0.39, 0.29) is 12.3 Å². The van der Waals surface area contributed by atoms with Crippen LogP contribution in [0.4, 0.5) is 0 Å². The summed E-state index contributed by atoms with van der Waals surface area (Å²) in [5.41, 5.74) is 5.20. The van der Waals surface area contributed by atoms with E-state index >= 15 is 0 Å². The number of carbonyl (C=O) groups is 2. The third-order valence-electron chi connectivity index (χ3n) is 3.63. The summed E-state index contributed by atoms with van der Waals surface area (Å²) in [5, 5.41) is 11.9. The van der Waals surface area contributed by atoms with Gasteiger partial charge in [0, 0.05) is 0 Å². The Balaban J connectivity index is 2.66. The van der Waals surface area contributed by atoms with E-state index in [2.05, 4.69) is 5.32 Å². The summed E-state index contributed by atoms with van der Waals surface area (Å²) in [6, 6.07) is -0.525. The molecule has 5 nitrogen and oxygen atoms in total. The highest BCUT2D eigenvalue weighted by Gasteiger charge is 2.36. The Morgan fingerprint density at radius 2 is 1.94 bits per heavy atom. The fraction of sp³-hybridized carbons (Fsp3) is 0.846. The molecule has 18 heavy (non-hydrogen) atoms. The van der Waals surface area contributed by atoms with Crippen LogP contribution in [-0.2, 0) is 9.59 Å². The van der Waals surface area contributed by atoms with E-state index in [1.165, 1.54) is 0 Å². The van der Waals surface area contributed by atoms with Crippen molar-refractivity contribution in [1.82, 2.24) is 5.32 Å². The lowest BCUT2D eigenvalue weighted by molar-refractivity contribution is -0.139. The molecule has 0 aromatic heterocycles. The lowest BCUT2D eigenvalue weighted by atomic mass is 9.79. The molecule has 0 aromatic carbocycles. The van der Waals surface area contributed by atoms with Crippen LogP contribution >= 0.6 is 0 Å². The number of nitrogens with one attached hydrogen (secondary N) is 1. The number of carboxylic acid groups (broad SMARTS) is 1. The number of hydrogen-bond donors (Lipinski definition) is 3. The van der Waals surface area contributed by atoms with Crippen LogP contribution in [0.2, 0.25) is 0 Å². The van der Waals surface area contributed by atoms with Crippen molar-refractivity contribution in [2.24, 2.45) is 5.73 Å². The summed E-state index contributed by atoms with van der Waals surface area (Å²) in [5.74, 6) is -1.07. The molecule has 1 aliphatic carbocycles. The highest BCUT2D eigenvalue weighted by Crippen LogP contribution is 2.31. The van der Waals surface area contributed by atoms with Gasteiger partial charge in [0.05, 0.1) is 18.0 Å². The number of hydrogen-bond acceptors (Lipinski definition) is 3. The van der Waals surface area contributed by atoms with Crippen molar-refractivity contribution >= 4 is 11.9 Å². The molecule has 1 saturated carbocycles. The van der Waals surface area contributed by atoms with Gasteiger partial charge in [-0.05, 0) is 19.3 Å². The number of nitrogens with two attached hydrogens (primary N) is 1. The summed E-state index contributed by atoms with van der Waals surface area (Å²) in [6.45, 7) is 1.97. The predicted molar refractivity (Wildman–Crippen MR) is 69.1 cm³/mol. The zero-order chi connectivity index (χ0) is 13.6. The van der Waals surface area contributed by atoms with Gasteiger partial charge in [-0.15, -0.1) is 0 Å². The molecule has 1 amide bonds. The molecule has 1 aliphatic rings. The zero-order valence-electron chi connectivity index (χ0n) is 11.1. The third-order valence-corrected chi connectivity index (χ3v) is 3.63. The number of carboxylic acids is 1. The quantitative estimate of drug-likeness (QED) is 0.670. The van der Waals surface area contributed by atoms with Crippen LogP contribution in [0.25, 0.3) is 0 Å². The largest absolute Gasteiger partial charge is 0.481 e. The second kappa shape index (κ2) is 6.73. The summed E-state index contributed by atoms with van der Waals surface area (Å²) in [4.78, 5) is 22.9. The van der Waals surface area contributed by atoms with Gasteiger partial charge in [-0.2, -0.15) is 0 Å². The molecule has 0 saturated heterocycles. The van der Waals surface area contributed by atoms with Gasteiger partial charge in [0.2, 0.25) is 5.91 Å². The molecule has 4 N–H and O–H groups in total. The predicted octanol–water partition coefficient (Wildman–Crippen LogP) is 1.41. The van der Waals surface area contributed by atoms with Gasteiger partial charge < -0.3 is 16.2 Å². The van der Waals surface area contributed by atoms with Crippen LogP contribution in [0.3, 0.4) is 0 Å². The Morgan fingerprint density at radius 3 is 2.44 bits per heavy atom. The first-order valence-electron chi connectivity index (χ1n) is 6.78. The van der Waals surface area contributed by atoms with Crippen LogP contribution in [0.5, 0.6) is 0 Å². The van der Waals surface area contributed by atoms with E-state index in [0.29, 0.717) is 6.42 Å². The summed E-state index contributed by atoms with van der Waals surface area (Å²) < 4.78 is 0. The van der Waals surface area contributed by atoms with Gasteiger partial charge in [-0.25, -0.2) is 0 Å². The fourth-order valence-corrected chi connectivity index (χ4v) is 2.66. The molecule has 0 bridgehead atoms. The SMILES string of the molecule is CCC[C@H](N)C(=O)NC1(CC(=O)O)CCCCC1. The highest BCUT2D eigenvalue weighted by atomic mass is 16.4. The Labute approximate surface area is 108 Å². The molecular formula is C13H24N2O3. The van der Waals surface area contributed by atoms with Crippen LogP contribution < -0.4 is 11.1 Å². The Bertz CT molecular complexity index is 299. The van der Waals surface area contributed by atoms with Crippen molar-refractivity contribution in [2.75, 3.05) is 0 Å². The van der Waals surface area contributed by atoms with Crippen LogP contribution in [-0.4, -0.2) is 28.6 Å². The Kier molecular flexibility index (Phi) is 5.59. The lowest BCUT2D eigenvalue weighted by Gasteiger charge is -2.37. The summed E-state index contributed by atoms with van der Waals surface area (Å²) in [6.07, 6.45) is 6.01. The topological polar surface area (TPSA) is 92.4 Å². The fourth-order valence-electron chi connectivity index (χ4n) is 2.66. The molecule has 1 rings (SSSR count). The van der Waals surface area contributed by atoms with Gasteiger partial charge in [0.1, 0.15) is 0 Å². The molecule has 0 spiro atoms. The van der Waals surface area contributed by atoms with Crippen molar-refractivity contribution < 1.29 is 14.7 Å². The van der Waals surface area contributed by atoms with Crippen molar-refractivity contribution in [2.45, 2.75) is 69.9 Å². The van der Waals surface area contributed by atoms with Crippen molar-refractivity contribution in [3.05, 3.63) is 0 Å². The first-order valence-corrected chi connectivity index (χ1v) is 6.78. The van der Waals surface area contributed by atoms with Crippen LogP contribution in [0.1, 0.15) is 58.3 Å². The van der Waals surface area contributed by atoms with Crippen LogP contribution in [0, 0.1) is 0 Å². The number of amides is 1. The second-order valence-corrected chi connectivity index (χ2v) is 5.30. The summed E-state index contributed by atoms with van der Waals surface area (Å²) in [7, 11) is 0. The third kappa shape index (κ3) is 4.29. The van der Waals surface area contributed by atoms with E-state index in [4.69, 9.17) is 10.8 Å². The monoisotopic (exact) mass is 256 g/mol. The zero-order valence-corrected chi connectivity index (χ0v) is 11.1. The minimum Gasteiger partial charge on any atom is -0.481 e. The smallest absolute Gasteiger partial charge is 0.305 e. The molecule has 0 radical (unpaired) electrons. The molecule has 0 unspecified atom stereocenters. The van der Waals surface area contributed by atoms with Crippen molar-refractivity contribution in [3.8, 4) is 0 Å². The van der Waals surface area contributed by atoms with Gasteiger partial charge >= 0.3 is 5.97 Å².